The Bertz CT molecular complexity index is 1240. The molecule has 0 bridgehead atoms. The number of carbonyl (C=O) groups excluding carboxylic acids is 2. The number of alkyl halides is 1. The van der Waals surface area contributed by atoms with Crippen molar-refractivity contribution in [2.75, 3.05) is 29.9 Å². The van der Waals surface area contributed by atoms with Crippen molar-refractivity contribution in [3.8, 4) is 11.1 Å². The number of nitrogens with two attached hydrogens (primary N) is 1. The van der Waals surface area contributed by atoms with Crippen LogP contribution in [0.5, 0.6) is 0 Å². The number of halogens is 4. The maximum atomic E-state index is 14.6. The van der Waals surface area contributed by atoms with Crippen molar-refractivity contribution in [3.63, 3.8) is 0 Å². The average molecular weight is 474 g/mol. The van der Waals surface area contributed by atoms with Crippen LogP contribution >= 0.6 is 11.6 Å². The van der Waals surface area contributed by atoms with Gasteiger partial charge in [0.15, 0.2) is 0 Å². The quantitative estimate of drug-likeness (QED) is 0.578. The number of nitrogens with zero attached hydrogens (tertiary/aromatic N) is 2. The standard InChI is InChI=1S/C24H19ClF3N3O2/c1-30(24(33)22-17(25)3-2-4-19(22)28)20-8-6-13(10-21(20)31-11-15(26)12-31)16-9-14(23(29)32)5-7-18(16)27/h2-10,15H,11-12H2,1H3,(H2,29,32). The molecule has 2 amide bonds. The second-order valence-corrected chi connectivity index (χ2v) is 8.13. The molecule has 1 saturated heterocycles. The van der Waals surface area contributed by atoms with Crippen molar-refractivity contribution in [2.24, 2.45) is 5.73 Å². The lowest BCUT2D eigenvalue weighted by atomic mass is 9.99. The van der Waals surface area contributed by atoms with E-state index in [4.69, 9.17) is 17.3 Å². The van der Waals surface area contributed by atoms with Gasteiger partial charge in [0.25, 0.3) is 5.91 Å². The monoisotopic (exact) mass is 473 g/mol. The first-order chi connectivity index (χ1) is 15.7. The van der Waals surface area contributed by atoms with E-state index in [9.17, 15) is 22.8 Å². The van der Waals surface area contributed by atoms with Gasteiger partial charge in [-0.3, -0.25) is 9.59 Å². The predicted octanol–water partition coefficient (Wildman–Crippen LogP) is 4.82. The number of primary amides is 1. The second-order valence-electron chi connectivity index (χ2n) is 7.73. The van der Waals surface area contributed by atoms with Crippen LogP contribution in [0.25, 0.3) is 11.1 Å². The molecule has 0 spiro atoms. The van der Waals surface area contributed by atoms with Crippen molar-refractivity contribution in [1.29, 1.82) is 0 Å². The van der Waals surface area contributed by atoms with E-state index in [-0.39, 0.29) is 34.8 Å². The zero-order valence-electron chi connectivity index (χ0n) is 17.5. The van der Waals surface area contributed by atoms with Gasteiger partial charge >= 0.3 is 0 Å². The van der Waals surface area contributed by atoms with Crippen LogP contribution in [0.1, 0.15) is 20.7 Å². The lowest BCUT2D eigenvalue weighted by Crippen LogP contribution is -2.49. The molecular weight excluding hydrogens is 455 g/mol. The highest BCUT2D eigenvalue weighted by Gasteiger charge is 2.31. The van der Waals surface area contributed by atoms with Gasteiger partial charge in [-0.2, -0.15) is 0 Å². The maximum absolute atomic E-state index is 14.6. The van der Waals surface area contributed by atoms with Crippen LogP contribution in [0.3, 0.4) is 0 Å². The van der Waals surface area contributed by atoms with Gasteiger partial charge in [-0.25, -0.2) is 13.2 Å². The van der Waals surface area contributed by atoms with Crippen LogP contribution in [0.4, 0.5) is 24.5 Å². The summed E-state index contributed by atoms with van der Waals surface area (Å²) in [7, 11) is 1.45. The molecule has 170 valence electrons. The lowest BCUT2D eigenvalue weighted by Gasteiger charge is -2.39. The van der Waals surface area contributed by atoms with Crippen molar-refractivity contribution < 1.29 is 22.8 Å². The highest BCUT2D eigenvalue weighted by atomic mass is 35.5. The summed E-state index contributed by atoms with van der Waals surface area (Å²) in [5.41, 5.74) is 6.50. The Kier molecular flexibility index (Phi) is 6.03. The topological polar surface area (TPSA) is 66.6 Å². The minimum atomic E-state index is -1.04. The highest BCUT2D eigenvalue weighted by molar-refractivity contribution is 6.34. The number of anilines is 2. The molecule has 9 heteroatoms. The van der Waals surface area contributed by atoms with E-state index in [0.29, 0.717) is 16.9 Å². The molecule has 0 saturated carbocycles. The van der Waals surface area contributed by atoms with Crippen molar-refractivity contribution >= 4 is 34.8 Å². The number of carbonyl (C=O) groups is 2. The first-order valence-corrected chi connectivity index (χ1v) is 10.4. The van der Waals surface area contributed by atoms with Gasteiger partial charge in [-0.05, 0) is 48.0 Å². The van der Waals surface area contributed by atoms with E-state index in [1.165, 1.54) is 36.2 Å². The molecule has 0 aromatic heterocycles. The highest BCUT2D eigenvalue weighted by Crippen LogP contribution is 2.38. The summed E-state index contributed by atoms with van der Waals surface area (Å²) in [4.78, 5) is 27.5. The van der Waals surface area contributed by atoms with E-state index in [1.807, 2.05) is 0 Å². The third kappa shape index (κ3) is 4.26. The summed E-state index contributed by atoms with van der Waals surface area (Å²) >= 11 is 6.05. The molecule has 3 aromatic rings. The number of benzene rings is 3. The number of hydrogen-bond donors (Lipinski definition) is 1. The SMILES string of the molecule is CN(C(=O)c1c(F)cccc1Cl)c1ccc(-c2cc(C(N)=O)ccc2F)cc1N1CC(F)C1. The van der Waals surface area contributed by atoms with E-state index in [1.54, 1.807) is 23.1 Å². The van der Waals surface area contributed by atoms with Crippen molar-refractivity contribution in [3.05, 3.63) is 82.4 Å². The Morgan fingerprint density at radius 1 is 1.06 bits per heavy atom. The van der Waals surface area contributed by atoms with Gasteiger partial charge in [0, 0.05) is 18.2 Å². The Morgan fingerprint density at radius 3 is 2.42 bits per heavy atom. The average Bonchev–Trinajstić information content (AvgIpc) is 2.76. The third-order valence-corrected chi connectivity index (χ3v) is 5.87. The first-order valence-electron chi connectivity index (χ1n) is 10.0. The van der Waals surface area contributed by atoms with Gasteiger partial charge in [-0.1, -0.05) is 23.7 Å². The smallest absolute Gasteiger partial charge is 0.262 e. The minimum absolute atomic E-state index is 0.0388. The summed E-state index contributed by atoms with van der Waals surface area (Å²) in [5.74, 6) is -2.74. The molecule has 0 unspecified atom stereocenters. The number of amides is 2. The summed E-state index contributed by atoms with van der Waals surface area (Å²) in [5, 5.41) is -0.0388. The molecule has 1 fully saturated rings. The van der Waals surface area contributed by atoms with Gasteiger partial charge < -0.3 is 15.5 Å². The number of hydrogen-bond acceptors (Lipinski definition) is 3. The second kappa shape index (κ2) is 8.78. The Balaban J connectivity index is 1.79. The molecule has 1 heterocycles. The van der Waals surface area contributed by atoms with Crippen LogP contribution in [0.15, 0.2) is 54.6 Å². The number of rotatable bonds is 5. The fraction of sp³-hybridized carbons (Fsp3) is 0.167. The molecule has 4 rings (SSSR count). The third-order valence-electron chi connectivity index (χ3n) is 5.56. The van der Waals surface area contributed by atoms with Crippen LogP contribution in [-0.4, -0.2) is 38.1 Å². The zero-order valence-corrected chi connectivity index (χ0v) is 18.2. The summed E-state index contributed by atoms with van der Waals surface area (Å²) in [6.07, 6.45) is -1.04. The Hall–Kier alpha value is -3.52. The van der Waals surface area contributed by atoms with Crippen molar-refractivity contribution in [1.82, 2.24) is 0 Å². The molecule has 0 radical (unpaired) electrons. The molecular formula is C24H19ClF3N3O2. The van der Waals surface area contributed by atoms with Crippen LogP contribution in [0.2, 0.25) is 5.02 Å². The molecule has 3 aromatic carbocycles. The van der Waals surface area contributed by atoms with E-state index >= 15 is 0 Å². The van der Waals surface area contributed by atoms with Gasteiger partial charge in [0.05, 0.1) is 35.1 Å². The van der Waals surface area contributed by atoms with Gasteiger partial charge in [0.1, 0.15) is 17.8 Å². The summed E-state index contributed by atoms with van der Waals surface area (Å²) < 4.78 is 42.5. The van der Waals surface area contributed by atoms with Crippen molar-refractivity contribution in [2.45, 2.75) is 6.17 Å². The van der Waals surface area contributed by atoms with Gasteiger partial charge in [0.2, 0.25) is 5.91 Å². The summed E-state index contributed by atoms with van der Waals surface area (Å²) in [6.45, 7) is 0.172. The van der Waals surface area contributed by atoms with Crippen LogP contribution in [-0.2, 0) is 0 Å². The molecule has 2 N–H and O–H groups in total. The normalized spacial score (nSPS) is 13.5. The molecule has 0 atom stereocenters. The zero-order chi connectivity index (χ0) is 23.9. The Labute approximate surface area is 193 Å². The first kappa shape index (κ1) is 22.7. The molecule has 5 nitrogen and oxygen atoms in total. The fourth-order valence-corrected chi connectivity index (χ4v) is 3.97. The largest absolute Gasteiger partial charge is 0.366 e. The van der Waals surface area contributed by atoms with Crippen LogP contribution in [0, 0.1) is 11.6 Å². The van der Waals surface area contributed by atoms with Gasteiger partial charge in [-0.15, -0.1) is 0 Å². The van der Waals surface area contributed by atoms with E-state index in [2.05, 4.69) is 0 Å². The molecule has 33 heavy (non-hydrogen) atoms. The van der Waals surface area contributed by atoms with E-state index in [0.717, 1.165) is 12.1 Å². The minimum Gasteiger partial charge on any atom is -0.366 e. The molecule has 1 aliphatic rings. The fourth-order valence-electron chi connectivity index (χ4n) is 3.73. The lowest BCUT2D eigenvalue weighted by molar-refractivity contribution is 0.0985. The predicted molar refractivity (Wildman–Crippen MR) is 122 cm³/mol. The maximum Gasteiger partial charge on any atom is 0.262 e. The summed E-state index contributed by atoms with van der Waals surface area (Å²) in [6, 6.07) is 12.4. The van der Waals surface area contributed by atoms with Crippen LogP contribution < -0.4 is 15.5 Å². The molecule has 0 aliphatic carbocycles. The molecule has 1 aliphatic heterocycles. The Morgan fingerprint density at radius 2 is 1.79 bits per heavy atom. The van der Waals surface area contributed by atoms with E-state index < -0.39 is 29.6 Å².